The minimum absolute atomic E-state index is 0.178. The Balaban J connectivity index is 0.000000500. The molecule has 1 fully saturated rings. The third kappa shape index (κ3) is 6.07. The summed E-state index contributed by atoms with van der Waals surface area (Å²) in [7, 11) is 0. The highest BCUT2D eigenvalue weighted by Crippen LogP contribution is 2.26. The maximum absolute atomic E-state index is 12.5. The van der Waals surface area contributed by atoms with E-state index in [1.165, 1.54) is 38.3 Å². The zero-order chi connectivity index (χ0) is 20.5. The molecule has 1 aromatic carbocycles. The van der Waals surface area contributed by atoms with E-state index in [-0.39, 0.29) is 5.91 Å². The van der Waals surface area contributed by atoms with Crippen molar-refractivity contribution < 1.29 is 29.7 Å². The lowest BCUT2D eigenvalue weighted by Gasteiger charge is -2.21. The number of nitrogens with zero attached hydrogens (tertiary/aromatic N) is 1. The summed E-state index contributed by atoms with van der Waals surface area (Å²) in [5, 5.41) is 22.7. The van der Waals surface area contributed by atoms with E-state index in [1.54, 1.807) is 24.3 Å². The SMILES string of the molecule is CC(=O)O[O-].O=C(NCCC1CCCCC1)c1c(Cl)ccc2c1ccc[n+]2O. The summed E-state index contributed by atoms with van der Waals surface area (Å²) in [5.74, 6) is -0.251. The van der Waals surface area contributed by atoms with Gasteiger partial charge in [0, 0.05) is 30.3 Å². The van der Waals surface area contributed by atoms with Gasteiger partial charge in [0.1, 0.15) is 0 Å². The van der Waals surface area contributed by atoms with Gasteiger partial charge in [-0.1, -0.05) is 43.7 Å². The molecule has 1 heterocycles. The van der Waals surface area contributed by atoms with Gasteiger partial charge in [-0.05, 0) is 24.5 Å². The van der Waals surface area contributed by atoms with Crippen molar-refractivity contribution in [3.8, 4) is 0 Å². The second-order valence-corrected chi connectivity index (χ2v) is 7.24. The Labute approximate surface area is 168 Å². The molecule has 0 radical (unpaired) electrons. The summed E-state index contributed by atoms with van der Waals surface area (Å²) in [6.07, 6.45) is 9.06. The number of carbonyl (C=O) groups excluding carboxylic acids is 2. The highest BCUT2D eigenvalue weighted by molar-refractivity contribution is 6.35. The molecule has 1 amide bonds. The number of rotatable bonds is 4. The quantitative estimate of drug-likeness (QED) is 0.350. The average Bonchev–Trinajstić information content (AvgIpc) is 2.69. The summed E-state index contributed by atoms with van der Waals surface area (Å²) in [6.45, 7) is 1.72. The largest absolute Gasteiger partial charge is 0.662 e. The summed E-state index contributed by atoms with van der Waals surface area (Å²) in [5.41, 5.74) is 0.991. The van der Waals surface area contributed by atoms with Crippen molar-refractivity contribution in [3.63, 3.8) is 0 Å². The summed E-state index contributed by atoms with van der Waals surface area (Å²) in [6, 6.07) is 6.84. The number of carbonyl (C=O) groups is 2. The first-order valence-electron chi connectivity index (χ1n) is 9.34. The van der Waals surface area contributed by atoms with E-state index in [1.807, 2.05) is 0 Å². The van der Waals surface area contributed by atoms with E-state index in [0.717, 1.165) is 24.0 Å². The van der Waals surface area contributed by atoms with Crippen LogP contribution in [0.2, 0.25) is 5.02 Å². The summed E-state index contributed by atoms with van der Waals surface area (Å²) in [4.78, 5) is 24.7. The lowest BCUT2D eigenvalue weighted by atomic mass is 9.87. The molecule has 1 saturated carbocycles. The molecule has 1 aliphatic rings. The number of halogens is 1. The van der Waals surface area contributed by atoms with Gasteiger partial charge in [0.05, 0.1) is 16.0 Å². The minimum Gasteiger partial charge on any atom is -0.662 e. The van der Waals surface area contributed by atoms with Crippen molar-refractivity contribution in [1.29, 1.82) is 0 Å². The van der Waals surface area contributed by atoms with Crippen LogP contribution in [0.3, 0.4) is 0 Å². The molecule has 28 heavy (non-hydrogen) atoms. The van der Waals surface area contributed by atoms with Gasteiger partial charge in [-0.15, -0.1) is 0 Å². The predicted molar refractivity (Wildman–Crippen MR) is 102 cm³/mol. The van der Waals surface area contributed by atoms with Crippen molar-refractivity contribution in [2.24, 2.45) is 5.92 Å². The highest BCUT2D eigenvalue weighted by Gasteiger charge is 2.20. The van der Waals surface area contributed by atoms with Gasteiger partial charge in [-0.25, -0.2) is 0 Å². The molecule has 0 aliphatic heterocycles. The zero-order valence-corrected chi connectivity index (χ0v) is 16.6. The Kier molecular flexibility index (Phi) is 8.47. The third-order valence-electron chi connectivity index (χ3n) is 4.82. The van der Waals surface area contributed by atoms with Crippen LogP contribution in [0, 0.1) is 5.92 Å². The zero-order valence-electron chi connectivity index (χ0n) is 15.8. The van der Waals surface area contributed by atoms with Gasteiger partial charge in [-0.3, -0.25) is 14.8 Å². The molecule has 0 atom stereocenters. The van der Waals surface area contributed by atoms with Crippen molar-refractivity contribution in [2.75, 3.05) is 6.54 Å². The number of pyridine rings is 1. The van der Waals surface area contributed by atoms with Crippen LogP contribution in [0.4, 0.5) is 0 Å². The predicted octanol–water partition coefficient (Wildman–Crippen LogP) is 2.54. The Morgan fingerprint density at radius 3 is 2.61 bits per heavy atom. The molecule has 1 aliphatic carbocycles. The molecule has 0 spiro atoms. The fourth-order valence-corrected chi connectivity index (χ4v) is 3.69. The smallest absolute Gasteiger partial charge is 0.296 e. The van der Waals surface area contributed by atoms with Gasteiger partial charge in [0.15, 0.2) is 0 Å². The maximum atomic E-state index is 12.5. The second-order valence-electron chi connectivity index (χ2n) is 6.83. The fourth-order valence-electron chi connectivity index (χ4n) is 3.44. The lowest BCUT2D eigenvalue weighted by Crippen LogP contribution is -2.31. The van der Waals surface area contributed by atoms with Gasteiger partial charge in [0.25, 0.3) is 17.4 Å². The number of fused-ring (bicyclic) bond motifs is 1. The molecule has 0 unspecified atom stereocenters. The topological polar surface area (TPSA) is 103 Å². The highest BCUT2D eigenvalue weighted by atomic mass is 35.5. The van der Waals surface area contributed by atoms with Crippen LogP contribution in [-0.2, 0) is 9.68 Å². The average molecular weight is 409 g/mol. The van der Waals surface area contributed by atoms with E-state index in [2.05, 4.69) is 10.2 Å². The monoisotopic (exact) mass is 408 g/mol. The Morgan fingerprint density at radius 1 is 1.29 bits per heavy atom. The van der Waals surface area contributed by atoms with Crippen LogP contribution in [0.5, 0.6) is 0 Å². The molecule has 0 saturated heterocycles. The van der Waals surface area contributed by atoms with E-state index < -0.39 is 5.97 Å². The van der Waals surface area contributed by atoms with Crippen LogP contribution >= 0.6 is 11.6 Å². The number of hydrogen-bond acceptors (Lipinski definition) is 5. The molecule has 2 N–H and O–H groups in total. The third-order valence-corrected chi connectivity index (χ3v) is 5.13. The Morgan fingerprint density at radius 2 is 1.96 bits per heavy atom. The Bertz CT molecular complexity index is 822. The molecule has 3 rings (SSSR count). The number of benzene rings is 1. The second kappa shape index (κ2) is 10.8. The van der Waals surface area contributed by atoms with E-state index in [0.29, 0.717) is 28.0 Å². The number of amides is 1. The van der Waals surface area contributed by atoms with Gasteiger partial charge in [-0.2, -0.15) is 0 Å². The van der Waals surface area contributed by atoms with E-state index in [4.69, 9.17) is 16.9 Å². The van der Waals surface area contributed by atoms with Crippen LogP contribution < -0.4 is 15.3 Å². The first-order chi connectivity index (χ1) is 13.4. The van der Waals surface area contributed by atoms with Gasteiger partial charge >= 0.3 is 0 Å². The fraction of sp³-hybridized carbons (Fsp3) is 0.450. The number of nitrogens with one attached hydrogen (secondary N) is 1. The maximum Gasteiger partial charge on any atom is 0.296 e. The van der Waals surface area contributed by atoms with Crippen LogP contribution in [0.25, 0.3) is 10.9 Å². The first kappa shape index (κ1) is 21.9. The Hall–Kier alpha value is -2.38. The van der Waals surface area contributed by atoms with Crippen LogP contribution in [0.1, 0.15) is 55.8 Å². The van der Waals surface area contributed by atoms with Crippen LogP contribution in [-0.4, -0.2) is 23.6 Å². The molecule has 7 nitrogen and oxygen atoms in total. The van der Waals surface area contributed by atoms with Crippen molar-refractivity contribution in [3.05, 3.63) is 41.0 Å². The lowest BCUT2D eigenvalue weighted by molar-refractivity contribution is -0.884. The molecule has 2 aromatic rings. The normalized spacial score (nSPS) is 14.1. The number of aromatic nitrogens is 1. The molecular weight excluding hydrogens is 384 g/mol. The molecule has 0 bridgehead atoms. The molecular formula is C20H25ClN2O5. The van der Waals surface area contributed by atoms with Gasteiger partial charge in [0.2, 0.25) is 6.20 Å². The van der Waals surface area contributed by atoms with Crippen LogP contribution in [0.15, 0.2) is 30.5 Å². The number of hydrogen-bond donors (Lipinski definition) is 2. The molecule has 8 heteroatoms. The van der Waals surface area contributed by atoms with Crippen molar-refractivity contribution >= 4 is 34.4 Å². The first-order valence-corrected chi connectivity index (χ1v) is 9.72. The minimum atomic E-state index is -0.801. The summed E-state index contributed by atoms with van der Waals surface area (Å²) < 4.78 is 1.00. The van der Waals surface area contributed by atoms with Gasteiger partial charge < -0.3 is 15.5 Å². The molecule has 1 aromatic heterocycles. The van der Waals surface area contributed by atoms with Crippen molar-refractivity contribution in [2.45, 2.75) is 45.4 Å². The summed E-state index contributed by atoms with van der Waals surface area (Å²) >= 11 is 6.23. The van der Waals surface area contributed by atoms with Crippen molar-refractivity contribution in [1.82, 2.24) is 5.32 Å². The standard InChI is InChI=1S/C18H21ClN2O2.C2H4O3/c19-15-8-9-16-14(7-4-12-21(16)23)17(15)18(22)20-11-10-13-5-2-1-3-6-13;1-2(3)5-4/h4,7-9,12-13H,1-3,5-6,10-11H2,(H-,20,22,23);4H,1H3. The van der Waals surface area contributed by atoms with E-state index in [9.17, 15) is 14.8 Å². The molecule has 152 valence electrons. The van der Waals surface area contributed by atoms with E-state index >= 15 is 0 Å².